The fourth-order valence-electron chi connectivity index (χ4n) is 2.13. The van der Waals surface area contributed by atoms with Gasteiger partial charge in [0.05, 0.1) is 5.25 Å². The molecule has 1 aliphatic rings. The zero-order valence-electron chi connectivity index (χ0n) is 8.71. The molecule has 1 saturated carbocycles. The van der Waals surface area contributed by atoms with Gasteiger partial charge in [0.2, 0.25) is 0 Å². The van der Waals surface area contributed by atoms with E-state index in [1.165, 1.54) is 25.7 Å². The molecule has 0 spiro atoms. The minimum absolute atomic E-state index is 0.400. The second-order valence-corrected chi connectivity index (χ2v) is 5.69. The van der Waals surface area contributed by atoms with Crippen molar-refractivity contribution in [2.24, 2.45) is 0 Å². The molecule has 1 rings (SSSR count). The maximum atomic E-state index is 11.8. The van der Waals surface area contributed by atoms with Crippen LogP contribution in [0.15, 0.2) is 0 Å². The normalized spacial score (nSPS) is 32.5. The molecule has 0 bridgehead atoms. The van der Waals surface area contributed by atoms with Crippen LogP contribution < -0.4 is 5.32 Å². The Labute approximate surface area is 83.9 Å². The summed E-state index contributed by atoms with van der Waals surface area (Å²) in [6.07, 6.45) is 6.21. The van der Waals surface area contributed by atoms with Gasteiger partial charge in [-0.3, -0.25) is 4.21 Å². The molecule has 78 valence electrons. The Hall–Kier alpha value is 0.110. The van der Waals surface area contributed by atoms with Crippen LogP contribution in [0.1, 0.15) is 39.0 Å². The van der Waals surface area contributed by atoms with Gasteiger partial charge in [0.15, 0.2) is 0 Å². The van der Waals surface area contributed by atoms with Crippen LogP contribution in [0.25, 0.3) is 0 Å². The molecule has 0 aromatic carbocycles. The summed E-state index contributed by atoms with van der Waals surface area (Å²) in [5.41, 5.74) is 0. The molecule has 2 nitrogen and oxygen atoms in total. The number of rotatable bonds is 3. The van der Waals surface area contributed by atoms with Crippen molar-refractivity contribution in [2.45, 2.75) is 50.3 Å². The van der Waals surface area contributed by atoms with Gasteiger partial charge in [-0.2, -0.15) is 0 Å². The monoisotopic (exact) mass is 203 g/mol. The molecule has 3 unspecified atom stereocenters. The molecule has 0 aromatic rings. The van der Waals surface area contributed by atoms with Crippen LogP contribution >= 0.6 is 0 Å². The maximum absolute atomic E-state index is 11.8. The van der Waals surface area contributed by atoms with Crippen molar-refractivity contribution >= 4 is 10.8 Å². The highest BCUT2D eigenvalue weighted by atomic mass is 32.2. The van der Waals surface area contributed by atoms with Crippen LogP contribution in [-0.4, -0.2) is 28.3 Å². The molecule has 3 atom stereocenters. The van der Waals surface area contributed by atoms with E-state index in [2.05, 4.69) is 5.32 Å². The lowest BCUT2D eigenvalue weighted by Gasteiger charge is -2.23. The summed E-state index contributed by atoms with van der Waals surface area (Å²) in [4.78, 5) is 0. The Morgan fingerprint density at radius 2 is 2.00 bits per heavy atom. The Morgan fingerprint density at radius 3 is 2.62 bits per heavy atom. The van der Waals surface area contributed by atoms with Gasteiger partial charge in [0, 0.05) is 22.6 Å². The van der Waals surface area contributed by atoms with Crippen molar-refractivity contribution in [2.75, 3.05) is 12.8 Å². The average molecular weight is 203 g/mol. The third-order valence-corrected chi connectivity index (χ3v) is 4.75. The minimum Gasteiger partial charge on any atom is -0.316 e. The van der Waals surface area contributed by atoms with Gasteiger partial charge >= 0.3 is 0 Å². The second-order valence-electron chi connectivity index (χ2n) is 3.74. The molecule has 3 heteroatoms. The Balaban J connectivity index is 2.58. The molecule has 1 fully saturated rings. The fraction of sp³-hybridized carbons (Fsp3) is 1.00. The summed E-state index contributed by atoms with van der Waals surface area (Å²) in [5, 5.41) is 3.72. The SMILES string of the molecule is CCS(=O)C1CCCCCC1NC. The molecule has 0 aliphatic heterocycles. The highest BCUT2D eigenvalue weighted by Gasteiger charge is 2.26. The summed E-state index contributed by atoms with van der Waals surface area (Å²) in [5.74, 6) is 0.808. The summed E-state index contributed by atoms with van der Waals surface area (Å²) < 4.78 is 11.8. The molecular formula is C10H21NOS. The van der Waals surface area contributed by atoms with Crippen LogP contribution in [0.3, 0.4) is 0 Å². The van der Waals surface area contributed by atoms with E-state index in [0.717, 1.165) is 12.2 Å². The molecule has 0 radical (unpaired) electrons. The Bertz CT molecular complexity index is 172. The standard InChI is InChI=1S/C10H21NOS/c1-3-13(12)10-8-6-4-5-7-9(10)11-2/h9-11H,3-8H2,1-2H3. The van der Waals surface area contributed by atoms with Crippen molar-refractivity contribution in [1.82, 2.24) is 5.32 Å². The smallest absolute Gasteiger partial charge is 0.0501 e. The van der Waals surface area contributed by atoms with Crippen LogP contribution in [0, 0.1) is 0 Å². The summed E-state index contributed by atoms with van der Waals surface area (Å²) in [6, 6.07) is 0.489. The average Bonchev–Trinajstić information content (AvgIpc) is 2.41. The molecule has 0 heterocycles. The minimum atomic E-state index is -0.617. The lowest BCUT2D eigenvalue weighted by atomic mass is 10.1. The Morgan fingerprint density at radius 1 is 1.31 bits per heavy atom. The van der Waals surface area contributed by atoms with Crippen LogP contribution in [0.2, 0.25) is 0 Å². The van der Waals surface area contributed by atoms with Gasteiger partial charge < -0.3 is 5.32 Å². The first kappa shape index (κ1) is 11.2. The van der Waals surface area contributed by atoms with Gasteiger partial charge in [-0.15, -0.1) is 0 Å². The lowest BCUT2D eigenvalue weighted by Crippen LogP contribution is -2.39. The van der Waals surface area contributed by atoms with Gasteiger partial charge in [-0.25, -0.2) is 0 Å². The first-order valence-corrected chi connectivity index (χ1v) is 6.72. The van der Waals surface area contributed by atoms with E-state index in [9.17, 15) is 4.21 Å². The van der Waals surface area contributed by atoms with E-state index in [0.29, 0.717) is 11.3 Å². The van der Waals surface area contributed by atoms with E-state index in [-0.39, 0.29) is 0 Å². The topological polar surface area (TPSA) is 29.1 Å². The largest absolute Gasteiger partial charge is 0.316 e. The van der Waals surface area contributed by atoms with Crippen molar-refractivity contribution in [3.05, 3.63) is 0 Å². The second kappa shape index (κ2) is 5.76. The van der Waals surface area contributed by atoms with Crippen molar-refractivity contribution in [3.63, 3.8) is 0 Å². The number of hydrogen-bond acceptors (Lipinski definition) is 2. The number of hydrogen-bond donors (Lipinski definition) is 1. The van der Waals surface area contributed by atoms with E-state index < -0.39 is 10.8 Å². The van der Waals surface area contributed by atoms with Crippen LogP contribution in [-0.2, 0) is 10.8 Å². The van der Waals surface area contributed by atoms with Crippen LogP contribution in [0.5, 0.6) is 0 Å². The molecule has 0 amide bonds. The molecular weight excluding hydrogens is 182 g/mol. The van der Waals surface area contributed by atoms with Crippen molar-refractivity contribution < 1.29 is 4.21 Å². The van der Waals surface area contributed by atoms with Gasteiger partial charge in [-0.1, -0.05) is 26.2 Å². The van der Waals surface area contributed by atoms with E-state index in [1.807, 2.05) is 14.0 Å². The zero-order chi connectivity index (χ0) is 9.68. The predicted molar refractivity (Wildman–Crippen MR) is 58.4 cm³/mol. The van der Waals surface area contributed by atoms with E-state index in [1.54, 1.807) is 0 Å². The fourth-order valence-corrected chi connectivity index (χ4v) is 3.63. The van der Waals surface area contributed by atoms with Gasteiger partial charge in [0.1, 0.15) is 0 Å². The molecule has 1 N–H and O–H groups in total. The van der Waals surface area contributed by atoms with Gasteiger partial charge in [0.25, 0.3) is 0 Å². The lowest BCUT2D eigenvalue weighted by molar-refractivity contribution is 0.500. The Kier molecular flexibility index (Phi) is 4.96. The molecule has 0 aromatic heterocycles. The van der Waals surface area contributed by atoms with Crippen molar-refractivity contribution in [3.8, 4) is 0 Å². The molecule has 1 aliphatic carbocycles. The predicted octanol–water partition coefficient (Wildman–Crippen LogP) is 1.68. The third-order valence-electron chi connectivity index (χ3n) is 2.95. The number of nitrogens with one attached hydrogen (secondary N) is 1. The summed E-state index contributed by atoms with van der Waals surface area (Å²) in [7, 11) is 1.38. The summed E-state index contributed by atoms with van der Waals surface area (Å²) >= 11 is 0. The first-order valence-electron chi connectivity index (χ1n) is 5.34. The highest BCUT2D eigenvalue weighted by molar-refractivity contribution is 7.85. The quantitative estimate of drug-likeness (QED) is 0.707. The molecule has 13 heavy (non-hydrogen) atoms. The van der Waals surface area contributed by atoms with E-state index in [4.69, 9.17) is 0 Å². The first-order chi connectivity index (χ1) is 6.29. The third kappa shape index (κ3) is 3.06. The van der Waals surface area contributed by atoms with Crippen LogP contribution in [0.4, 0.5) is 0 Å². The zero-order valence-corrected chi connectivity index (χ0v) is 9.53. The summed E-state index contributed by atoms with van der Waals surface area (Å²) in [6.45, 7) is 2.02. The van der Waals surface area contributed by atoms with Crippen molar-refractivity contribution in [1.29, 1.82) is 0 Å². The van der Waals surface area contributed by atoms with E-state index >= 15 is 0 Å². The molecule has 0 saturated heterocycles. The highest BCUT2D eigenvalue weighted by Crippen LogP contribution is 2.21. The maximum Gasteiger partial charge on any atom is 0.0501 e. The van der Waals surface area contributed by atoms with Gasteiger partial charge in [-0.05, 0) is 19.9 Å².